The molecule has 2 amide bonds. The van der Waals surface area contributed by atoms with Crippen LogP contribution >= 0.6 is 7.60 Å². The summed E-state index contributed by atoms with van der Waals surface area (Å²) in [5, 5.41) is 31.6. The van der Waals surface area contributed by atoms with Gasteiger partial charge in [-0.1, -0.05) is 78.9 Å². The Morgan fingerprint density at radius 1 is 0.875 bits per heavy atom. The number of carbonyl (C=O) groups is 1. The fourth-order valence-corrected chi connectivity index (χ4v) is 5.93. The largest absolute Gasteiger partial charge is 0.481 e. The van der Waals surface area contributed by atoms with Crippen LogP contribution in [0.1, 0.15) is 27.8 Å². The van der Waals surface area contributed by atoms with Gasteiger partial charge in [-0.15, -0.1) is 0 Å². The molecule has 0 bridgehead atoms. The number of nitrogens with one attached hydrogen (secondary N) is 1. The van der Waals surface area contributed by atoms with Crippen molar-refractivity contribution in [2.45, 2.75) is 37.8 Å². The van der Waals surface area contributed by atoms with Gasteiger partial charge in [0.05, 0.1) is 18.3 Å². The lowest BCUT2D eigenvalue weighted by molar-refractivity contribution is -0.00648. The van der Waals surface area contributed by atoms with Crippen LogP contribution in [0.25, 0.3) is 6.08 Å². The molecule has 3 atom stereocenters. The number of hydrogen-bond donors (Lipinski definition) is 7. The maximum atomic E-state index is 14.8. The van der Waals surface area contributed by atoms with E-state index in [0.717, 1.165) is 5.56 Å². The minimum Gasteiger partial charge on any atom is -0.481 e. The first-order chi connectivity index (χ1) is 22.9. The third-order valence-electron chi connectivity index (χ3n) is 8.04. The Morgan fingerprint density at radius 3 is 2.12 bits per heavy atom. The highest BCUT2D eigenvalue weighted by Crippen LogP contribution is 2.35. The Hall–Kier alpha value is -4.97. The van der Waals surface area contributed by atoms with E-state index in [0.29, 0.717) is 27.9 Å². The van der Waals surface area contributed by atoms with Crippen molar-refractivity contribution in [3.05, 3.63) is 137 Å². The first-order valence-electron chi connectivity index (χ1n) is 15.1. The predicted molar refractivity (Wildman–Crippen MR) is 183 cm³/mol. The molecule has 0 radical (unpaired) electrons. The monoisotopic (exact) mass is 671 g/mol. The molecule has 0 aliphatic carbocycles. The van der Waals surface area contributed by atoms with E-state index in [-0.39, 0.29) is 36.8 Å². The van der Waals surface area contributed by atoms with Crippen molar-refractivity contribution < 1.29 is 34.1 Å². The predicted octanol–water partition coefficient (Wildman–Crippen LogP) is 3.88. The van der Waals surface area contributed by atoms with Crippen LogP contribution in [-0.4, -0.2) is 66.3 Å². The molecule has 250 valence electrons. The molecule has 0 unspecified atom stereocenters. The summed E-state index contributed by atoms with van der Waals surface area (Å²) in [6, 6.07) is 28.5. The number of amidine groups is 1. The van der Waals surface area contributed by atoms with Gasteiger partial charge in [0, 0.05) is 17.8 Å². The number of benzene rings is 4. The zero-order valence-corrected chi connectivity index (χ0v) is 26.9. The number of nitrogen functional groups attached to an aromatic ring is 2. The van der Waals surface area contributed by atoms with Crippen LogP contribution in [0, 0.1) is 5.41 Å². The summed E-state index contributed by atoms with van der Waals surface area (Å²) in [6.45, 7) is -0.0139. The van der Waals surface area contributed by atoms with Crippen molar-refractivity contribution in [1.82, 2.24) is 9.80 Å². The second kappa shape index (κ2) is 14.8. The average Bonchev–Trinajstić information content (AvgIpc) is 3.12. The van der Waals surface area contributed by atoms with E-state index >= 15 is 0 Å². The van der Waals surface area contributed by atoms with Gasteiger partial charge in [-0.25, -0.2) is 4.79 Å². The third kappa shape index (κ3) is 8.48. The number of anilines is 1. The van der Waals surface area contributed by atoms with Crippen molar-refractivity contribution in [1.29, 1.82) is 5.41 Å². The van der Waals surface area contributed by atoms with Gasteiger partial charge < -0.3 is 41.1 Å². The first-order valence-corrected chi connectivity index (χ1v) is 16.9. The molecule has 5 rings (SSSR count). The van der Waals surface area contributed by atoms with Crippen molar-refractivity contribution in [3.8, 4) is 5.75 Å². The summed E-state index contributed by atoms with van der Waals surface area (Å²) in [6.07, 6.45) is -1.75. The van der Waals surface area contributed by atoms with Gasteiger partial charge in [-0.3, -0.25) is 14.9 Å². The fraction of sp³-hybridized carbons (Fsp3) is 0.200. The lowest BCUT2D eigenvalue weighted by Gasteiger charge is -2.34. The van der Waals surface area contributed by atoms with Gasteiger partial charge in [0.2, 0.25) is 0 Å². The molecule has 0 saturated carbocycles. The Labute approximate surface area is 278 Å². The van der Waals surface area contributed by atoms with Crippen LogP contribution in [0.15, 0.2) is 109 Å². The molecule has 4 aromatic carbocycles. The van der Waals surface area contributed by atoms with Gasteiger partial charge in [0.15, 0.2) is 6.35 Å². The van der Waals surface area contributed by atoms with E-state index in [1.165, 1.54) is 21.9 Å². The third-order valence-corrected chi connectivity index (χ3v) is 8.50. The molecule has 4 aromatic rings. The van der Waals surface area contributed by atoms with Gasteiger partial charge in [0.1, 0.15) is 23.8 Å². The minimum absolute atomic E-state index is 0.00491. The SMILES string of the molecule is N=C(N)c1cc(CN2C(=O)N(Cc3ccc(OCP(=O)(O)O)cc3)/C(=C/c3ccccc3)[C@H](O)[C@@H](O)[C@H]2Cc2ccccc2)ccc1N. The molecule has 0 aromatic heterocycles. The number of urea groups is 1. The van der Waals surface area contributed by atoms with Crippen LogP contribution < -0.4 is 16.2 Å². The molecule has 9 N–H and O–H groups in total. The van der Waals surface area contributed by atoms with E-state index in [2.05, 4.69) is 0 Å². The van der Waals surface area contributed by atoms with E-state index in [4.69, 9.17) is 31.4 Å². The lowest BCUT2D eigenvalue weighted by Crippen LogP contribution is -2.50. The van der Waals surface area contributed by atoms with Gasteiger partial charge in [0.25, 0.3) is 0 Å². The first kappa shape index (κ1) is 34.4. The Morgan fingerprint density at radius 2 is 1.50 bits per heavy atom. The van der Waals surface area contributed by atoms with Gasteiger partial charge in [-0.05, 0) is 59.0 Å². The molecule has 0 spiro atoms. The number of nitrogens with two attached hydrogens (primary N) is 2. The Balaban J connectivity index is 1.59. The highest BCUT2D eigenvalue weighted by atomic mass is 31.2. The zero-order chi connectivity index (χ0) is 34.4. The molecule has 1 aliphatic heterocycles. The maximum Gasteiger partial charge on any atom is 0.362 e. The number of nitrogens with zero attached hydrogens (tertiary/aromatic N) is 2. The van der Waals surface area contributed by atoms with E-state index < -0.39 is 38.2 Å². The highest BCUT2D eigenvalue weighted by molar-refractivity contribution is 7.51. The Bertz CT molecular complexity index is 1820. The van der Waals surface area contributed by atoms with Gasteiger partial charge in [-0.2, -0.15) is 0 Å². The summed E-state index contributed by atoms with van der Waals surface area (Å²) in [5.41, 5.74) is 15.4. The molecule has 1 aliphatic rings. The molecular formula is C35H38N5O7P. The summed E-state index contributed by atoms with van der Waals surface area (Å²) in [5.74, 6) is 0.00437. The van der Waals surface area contributed by atoms with Crippen molar-refractivity contribution in [2.24, 2.45) is 5.73 Å². The van der Waals surface area contributed by atoms with E-state index in [1.54, 1.807) is 36.4 Å². The van der Waals surface area contributed by atoms with Crippen LogP contribution in [0.2, 0.25) is 0 Å². The van der Waals surface area contributed by atoms with Crippen molar-refractivity contribution >= 4 is 31.2 Å². The standard InChI is InChI=1S/C35H38N5O7P/c36-29-16-13-26(17-28(29)34(37)38)21-40-31(19-24-9-5-2-6-10-24)33(42)32(41)30(18-23-7-3-1-4-8-23)39(35(40)43)20-25-11-14-27(15-12-25)47-22-48(44,45)46/h1-18,31-33,41-42H,19-22,36H2,(H3,37,38)(H2,44,45,46)/b30-18+/t31-,32+,33+/m1/s1. The average molecular weight is 672 g/mol. The molecule has 48 heavy (non-hydrogen) atoms. The van der Waals surface area contributed by atoms with Crippen LogP contribution in [0.3, 0.4) is 0 Å². The molecule has 13 heteroatoms. The number of aliphatic hydroxyl groups is 2. The Kier molecular flexibility index (Phi) is 10.6. The smallest absolute Gasteiger partial charge is 0.362 e. The van der Waals surface area contributed by atoms with Crippen molar-refractivity contribution in [3.63, 3.8) is 0 Å². The fourth-order valence-electron chi connectivity index (χ4n) is 5.61. The zero-order valence-electron chi connectivity index (χ0n) is 26.0. The highest BCUT2D eigenvalue weighted by Gasteiger charge is 2.43. The number of amides is 2. The molecular weight excluding hydrogens is 633 g/mol. The lowest BCUT2D eigenvalue weighted by atomic mass is 9.94. The summed E-state index contributed by atoms with van der Waals surface area (Å²) in [7, 11) is -4.38. The van der Waals surface area contributed by atoms with Crippen LogP contribution in [0.5, 0.6) is 5.75 Å². The summed E-state index contributed by atoms with van der Waals surface area (Å²) < 4.78 is 16.5. The number of rotatable bonds is 11. The van der Waals surface area contributed by atoms with Crippen LogP contribution in [-0.2, 0) is 24.1 Å². The molecule has 12 nitrogen and oxygen atoms in total. The van der Waals surface area contributed by atoms with Crippen LogP contribution in [0.4, 0.5) is 10.5 Å². The second-order valence-corrected chi connectivity index (χ2v) is 13.2. The number of carbonyl (C=O) groups excluding carboxylic acids is 1. The van der Waals surface area contributed by atoms with Gasteiger partial charge >= 0.3 is 13.6 Å². The maximum absolute atomic E-state index is 14.8. The van der Waals surface area contributed by atoms with Crippen molar-refractivity contribution in [2.75, 3.05) is 12.1 Å². The summed E-state index contributed by atoms with van der Waals surface area (Å²) >= 11 is 0. The number of aliphatic hydroxyl groups excluding tert-OH is 2. The van der Waals surface area contributed by atoms with E-state index in [9.17, 15) is 19.6 Å². The second-order valence-electron chi connectivity index (χ2n) is 11.6. The number of ether oxygens (including phenoxy) is 1. The molecule has 1 saturated heterocycles. The van der Waals surface area contributed by atoms with E-state index in [1.807, 2.05) is 60.7 Å². The number of hydrogen-bond acceptors (Lipinski definition) is 7. The molecule has 1 fully saturated rings. The minimum atomic E-state index is -4.38. The molecule has 1 heterocycles. The normalized spacial score (nSPS) is 19.3. The topological polar surface area (TPSA) is 207 Å². The summed E-state index contributed by atoms with van der Waals surface area (Å²) in [4.78, 5) is 36.1. The quantitative estimate of drug-likeness (QED) is 0.0534.